The van der Waals surface area contributed by atoms with E-state index in [1.54, 1.807) is 7.11 Å². The first-order valence-electron chi connectivity index (χ1n) is 7.47. The summed E-state index contributed by atoms with van der Waals surface area (Å²) in [5.74, 6) is 1.89. The average molecular weight is 309 g/mol. The second kappa shape index (κ2) is 7.07. The van der Waals surface area contributed by atoms with Gasteiger partial charge in [-0.3, -0.25) is 0 Å². The molecule has 0 fully saturated rings. The number of nitrogens with one attached hydrogen (secondary N) is 1. The van der Waals surface area contributed by atoms with Crippen LogP contribution in [0.1, 0.15) is 17.0 Å². The third-order valence-electron chi connectivity index (χ3n) is 3.53. The molecular formula is C18H19N3O2. The maximum absolute atomic E-state index is 5.67. The van der Waals surface area contributed by atoms with Crippen LogP contribution in [0.2, 0.25) is 0 Å². The van der Waals surface area contributed by atoms with Gasteiger partial charge in [0.2, 0.25) is 11.8 Å². The van der Waals surface area contributed by atoms with E-state index in [-0.39, 0.29) is 0 Å². The second-order valence-electron chi connectivity index (χ2n) is 5.32. The van der Waals surface area contributed by atoms with Crippen molar-refractivity contribution in [1.82, 2.24) is 15.5 Å². The van der Waals surface area contributed by atoms with Crippen LogP contribution in [0.5, 0.6) is 5.75 Å². The summed E-state index contributed by atoms with van der Waals surface area (Å²) in [4.78, 5) is 0. The number of aromatic nitrogens is 2. The van der Waals surface area contributed by atoms with Gasteiger partial charge in [0.1, 0.15) is 5.75 Å². The number of hydrogen-bond acceptors (Lipinski definition) is 5. The molecule has 0 unspecified atom stereocenters. The number of aryl methyl sites for hydroxylation is 1. The normalized spacial score (nSPS) is 10.7. The summed E-state index contributed by atoms with van der Waals surface area (Å²) in [5.41, 5.74) is 3.36. The maximum atomic E-state index is 5.67. The van der Waals surface area contributed by atoms with Crippen LogP contribution in [0.15, 0.2) is 52.9 Å². The molecule has 0 radical (unpaired) electrons. The monoisotopic (exact) mass is 309 g/mol. The zero-order chi connectivity index (χ0) is 16.1. The van der Waals surface area contributed by atoms with Gasteiger partial charge in [-0.05, 0) is 36.8 Å². The lowest BCUT2D eigenvalue weighted by Gasteiger charge is -2.02. The van der Waals surface area contributed by atoms with Gasteiger partial charge in [0.15, 0.2) is 0 Å². The lowest BCUT2D eigenvalue weighted by molar-refractivity contribution is 0.415. The molecular weight excluding hydrogens is 290 g/mol. The minimum absolute atomic E-state index is 0.514. The zero-order valence-corrected chi connectivity index (χ0v) is 13.2. The van der Waals surface area contributed by atoms with E-state index in [0.717, 1.165) is 17.9 Å². The third kappa shape index (κ3) is 3.96. The van der Waals surface area contributed by atoms with Gasteiger partial charge < -0.3 is 14.5 Å². The highest BCUT2D eigenvalue weighted by atomic mass is 16.5. The SMILES string of the molecule is COc1ccc(-c2nnc(CNCc3ccc(C)cc3)o2)cc1. The summed E-state index contributed by atoms with van der Waals surface area (Å²) in [5, 5.41) is 11.5. The summed E-state index contributed by atoms with van der Waals surface area (Å²) in [6.45, 7) is 3.38. The van der Waals surface area contributed by atoms with Gasteiger partial charge in [-0.15, -0.1) is 10.2 Å². The minimum Gasteiger partial charge on any atom is -0.497 e. The molecule has 118 valence electrons. The number of benzene rings is 2. The van der Waals surface area contributed by atoms with Crippen molar-refractivity contribution in [2.24, 2.45) is 0 Å². The molecule has 5 nitrogen and oxygen atoms in total. The van der Waals surface area contributed by atoms with Crippen LogP contribution in [0, 0.1) is 6.92 Å². The molecule has 1 heterocycles. The summed E-state index contributed by atoms with van der Waals surface area (Å²) in [6.07, 6.45) is 0. The number of rotatable bonds is 6. The standard InChI is InChI=1S/C18H19N3O2/c1-13-3-5-14(6-4-13)11-19-12-17-20-21-18(23-17)15-7-9-16(22-2)10-8-15/h3-10,19H,11-12H2,1-2H3. The molecule has 1 aromatic heterocycles. The molecule has 2 aromatic carbocycles. The van der Waals surface area contributed by atoms with Crippen molar-refractivity contribution >= 4 is 0 Å². The molecule has 0 aliphatic rings. The largest absolute Gasteiger partial charge is 0.497 e. The molecule has 1 N–H and O–H groups in total. The van der Waals surface area contributed by atoms with E-state index in [0.29, 0.717) is 18.3 Å². The molecule has 0 saturated carbocycles. The predicted octanol–water partition coefficient (Wildman–Crippen LogP) is 3.34. The van der Waals surface area contributed by atoms with Gasteiger partial charge in [0.05, 0.1) is 13.7 Å². The highest BCUT2D eigenvalue weighted by molar-refractivity contribution is 5.53. The molecule has 0 aliphatic heterocycles. The lowest BCUT2D eigenvalue weighted by Crippen LogP contribution is -2.12. The van der Waals surface area contributed by atoms with Gasteiger partial charge in [0.25, 0.3) is 0 Å². The summed E-state index contributed by atoms with van der Waals surface area (Å²) >= 11 is 0. The molecule has 0 aliphatic carbocycles. The van der Waals surface area contributed by atoms with Crippen LogP contribution >= 0.6 is 0 Å². The molecule has 0 spiro atoms. The van der Waals surface area contributed by atoms with Crippen LogP contribution in [0.25, 0.3) is 11.5 Å². The minimum atomic E-state index is 0.514. The van der Waals surface area contributed by atoms with E-state index >= 15 is 0 Å². The van der Waals surface area contributed by atoms with E-state index in [4.69, 9.17) is 9.15 Å². The van der Waals surface area contributed by atoms with E-state index in [9.17, 15) is 0 Å². The fourth-order valence-electron chi connectivity index (χ4n) is 2.19. The summed E-state index contributed by atoms with van der Waals surface area (Å²) in [7, 11) is 1.64. The topological polar surface area (TPSA) is 60.2 Å². The quantitative estimate of drug-likeness (QED) is 0.756. The molecule has 0 atom stereocenters. The van der Waals surface area contributed by atoms with E-state index in [1.165, 1.54) is 11.1 Å². The number of hydrogen-bond donors (Lipinski definition) is 1. The smallest absolute Gasteiger partial charge is 0.247 e. The fraction of sp³-hybridized carbons (Fsp3) is 0.222. The molecule has 5 heteroatoms. The van der Waals surface area contributed by atoms with Crippen molar-refractivity contribution in [2.75, 3.05) is 7.11 Å². The van der Waals surface area contributed by atoms with Crippen LogP contribution in [-0.2, 0) is 13.1 Å². The maximum Gasteiger partial charge on any atom is 0.247 e. The Morgan fingerprint density at radius 3 is 2.39 bits per heavy atom. The third-order valence-corrected chi connectivity index (χ3v) is 3.53. The van der Waals surface area contributed by atoms with Gasteiger partial charge in [-0.2, -0.15) is 0 Å². The first kappa shape index (κ1) is 15.2. The van der Waals surface area contributed by atoms with Crippen LogP contribution < -0.4 is 10.1 Å². The molecule has 23 heavy (non-hydrogen) atoms. The Hall–Kier alpha value is -2.66. The Labute approximate surface area is 135 Å². The molecule has 3 rings (SSSR count). The van der Waals surface area contributed by atoms with Crippen molar-refractivity contribution in [3.05, 3.63) is 65.5 Å². The van der Waals surface area contributed by atoms with Crippen LogP contribution in [0.3, 0.4) is 0 Å². The molecule has 0 saturated heterocycles. The van der Waals surface area contributed by atoms with Gasteiger partial charge >= 0.3 is 0 Å². The summed E-state index contributed by atoms with van der Waals surface area (Å²) in [6, 6.07) is 16.0. The predicted molar refractivity (Wildman–Crippen MR) is 88.0 cm³/mol. The van der Waals surface area contributed by atoms with Crippen molar-refractivity contribution < 1.29 is 9.15 Å². The van der Waals surface area contributed by atoms with E-state index < -0.39 is 0 Å². The van der Waals surface area contributed by atoms with Gasteiger partial charge in [-0.1, -0.05) is 29.8 Å². The Bertz CT molecular complexity index is 749. The van der Waals surface area contributed by atoms with Crippen molar-refractivity contribution in [3.8, 4) is 17.2 Å². The second-order valence-corrected chi connectivity index (χ2v) is 5.32. The van der Waals surface area contributed by atoms with Crippen LogP contribution in [0.4, 0.5) is 0 Å². The number of methoxy groups -OCH3 is 1. The molecule has 0 amide bonds. The van der Waals surface area contributed by atoms with Gasteiger partial charge in [-0.25, -0.2) is 0 Å². The number of ether oxygens (including phenoxy) is 1. The van der Waals surface area contributed by atoms with E-state index in [2.05, 4.69) is 46.7 Å². The Kier molecular flexibility index (Phi) is 4.68. The molecule has 3 aromatic rings. The van der Waals surface area contributed by atoms with Crippen molar-refractivity contribution in [1.29, 1.82) is 0 Å². The Morgan fingerprint density at radius 2 is 1.70 bits per heavy atom. The number of nitrogens with zero attached hydrogens (tertiary/aromatic N) is 2. The van der Waals surface area contributed by atoms with Crippen LogP contribution in [-0.4, -0.2) is 17.3 Å². The van der Waals surface area contributed by atoms with Gasteiger partial charge in [0, 0.05) is 12.1 Å². The zero-order valence-electron chi connectivity index (χ0n) is 13.2. The van der Waals surface area contributed by atoms with Crippen molar-refractivity contribution in [2.45, 2.75) is 20.0 Å². The van der Waals surface area contributed by atoms with E-state index in [1.807, 2.05) is 24.3 Å². The fourth-order valence-corrected chi connectivity index (χ4v) is 2.19. The summed E-state index contributed by atoms with van der Waals surface area (Å²) < 4.78 is 10.8. The highest BCUT2D eigenvalue weighted by Gasteiger charge is 2.08. The first-order valence-corrected chi connectivity index (χ1v) is 7.47. The lowest BCUT2D eigenvalue weighted by atomic mass is 10.1. The Morgan fingerprint density at radius 1 is 0.957 bits per heavy atom. The molecule has 0 bridgehead atoms. The highest BCUT2D eigenvalue weighted by Crippen LogP contribution is 2.21. The Balaban J connectivity index is 1.57. The van der Waals surface area contributed by atoms with Crippen molar-refractivity contribution in [3.63, 3.8) is 0 Å². The first-order chi connectivity index (χ1) is 11.2. The average Bonchev–Trinajstić information content (AvgIpc) is 3.06.